The molecule has 1 N–H and O–H groups in total. The Labute approximate surface area is 120 Å². The van der Waals surface area contributed by atoms with Crippen molar-refractivity contribution in [3.63, 3.8) is 0 Å². The number of carbonyl (C=O) groups is 2. The van der Waals surface area contributed by atoms with Crippen LogP contribution in [0, 0.1) is 10.1 Å². The number of hydrogen-bond donors (Lipinski definition) is 1. The second kappa shape index (κ2) is 6.47. The van der Waals surface area contributed by atoms with Crippen molar-refractivity contribution in [1.82, 2.24) is 4.57 Å². The van der Waals surface area contributed by atoms with E-state index in [2.05, 4.69) is 5.32 Å². The fourth-order valence-electron chi connectivity index (χ4n) is 1.88. The Morgan fingerprint density at radius 1 is 1.33 bits per heavy atom. The Kier molecular flexibility index (Phi) is 4.45. The first-order chi connectivity index (χ1) is 10.1. The highest BCUT2D eigenvalue weighted by molar-refractivity contribution is 5.91. The SMILES string of the molecule is O=Cc1cccn1CCC(=O)Nc1cccc([N+](=O)[O-])c1. The maximum Gasteiger partial charge on any atom is 0.271 e. The molecule has 0 saturated heterocycles. The van der Waals surface area contributed by atoms with Crippen molar-refractivity contribution in [1.29, 1.82) is 0 Å². The molecule has 7 heteroatoms. The smallest absolute Gasteiger partial charge is 0.271 e. The van der Waals surface area contributed by atoms with Gasteiger partial charge in [-0.05, 0) is 18.2 Å². The number of nitrogens with zero attached hydrogens (tertiary/aromatic N) is 2. The molecule has 0 radical (unpaired) electrons. The molecule has 0 unspecified atom stereocenters. The zero-order valence-corrected chi connectivity index (χ0v) is 11.1. The predicted octanol–water partition coefficient (Wildman–Crippen LogP) is 2.24. The number of hydrogen-bond acceptors (Lipinski definition) is 4. The highest BCUT2D eigenvalue weighted by Crippen LogP contribution is 2.17. The van der Waals surface area contributed by atoms with Crippen LogP contribution in [-0.2, 0) is 11.3 Å². The minimum absolute atomic E-state index is 0.0820. The minimum atomic E-state index is -0.522. The van der Waals surface area contributed by atoms with Gasteiger partial charge in [-0.1, -0.05) is 6.07 Å². The summed E-state index contributed by atoms with van der Waals surface area (Å²) in [5, 5.41) is 13.2. The van der Waals surface area contributed by atoms with Gasteiger partial charge in [-0.25, -0.2) is 0 Å². The van der Waals surface area contributed by atoms with Gasteiger partial charge < -0.3 is 9.88 Å². The van der Waals surface area contributed by atoms with E-state index in [9.17, 15) is 19.7 Å². The largest absolute Gasteiger partial charge is 0.345 e. The number of non-ortho nitro benzene ring substituents is 1. The molecule has 0 aliphatic rings. The van der Waals surface area contributed by atoms with Crippen molar-refractivity contribution < 1.29 is 14.5 Å². The zero-order chi connectivity index (χ0) is 15.2. The summed E-state index contributed by atoms with van der Waals surface area (Å²) in [6.45, 7) is 0.363. The van der Waals surface area contributed by atoms with Crippen LogP contribution in [0.1, 0.15) is 16.9 Å². The van der Waals surface area contributed by atoms with Gasteiger partial charge in [0.2, 0.25) is 5.91 Å². The first-order valence-electron chi connectivity index (χ1n) is 6.25. The molecule has 1 heterocycles. The third-order valence-electron chi connectivity index (χ3n) is 2.91. The molecule has 0 aliphatic carbocycles. The average molecular weight is 287 g/mol. The summed E-state index contributed by atoms with van der Waals surface area (Å²) in [7, 11) is 0. The molecular weight excluding hydrogens is 274 g/mol. The molecule has 0 fully saturated rings. The van der Waals surface area contributed by atoms with Crippen LogP contribution < -0.4 is 5.32 Å². The van der Waals surface area contributed by atoms with Crippen LogP contribution in [-0.4, -0.2) is 21.7 Å². The summed E-state index contributed by atoms with van der Waals surface area (Å²) in [6.07, 6.45) is 2.60. The average Bonchev–Trinajstić information content (AvgIpc) is 2.93. The fourth-order valence-corrected chi connectivity index (χ4v) is 1.88. The van der Waals surface area contributed by atoms with E-state index < -0.39 is 4.92 Å². The highest BCUT2D eigenvalue weighted by atomic mass is 16.6. The number of rotatable bonds is 6. The normalized spacial score (nSPS) is 10.1. The first kappa shape index (κ1) is 14.4. The van der Waals surface area contributed by atoms with E-state index >= 15 is 0 Å². The van der Waals surface area contributed by atoms with E-state index in [-0.39, 0.29) is 18.0 Å². The van der Waals surface area contributed by atoms with E-state index in [4.69, 9.17) is 0 Å². The monoisotopic (exact) mass is 287 g/mol. The van der Waals surface area contributed by atoms with Gasteiger partial charge in [-0.2, -0.15) is 0 Å². The Balaban J connectivity index is 1.94. The molecular formula is C14H13N3O4. The molecule has 1 amide bonds. The molecule has 0 aliphatic heterocycles. The van der Waals surface area contributed by atoms with Crippen LogP contribution in [0.4, 0.5) is 11.4 Å². The third-order valence-corrected chi connectivity index (χ3v) is 2.91. The highest BCUT2D eigenvalue weighted by Gasteiger charge is 2.09. The molecule has 0 atom stereocenters. The quantitative estimate of drug-likeness (QED) is 0.500. The van der Waals surface area contributed by atoms with Crippen LogP contribution in [0.5, 0.6) is 0 Å². The second-order valence-corrected chi connectivity index (χ2v) is 4.35. The molecule has 21 heavy (non-hydrogen) atoms. The van der Waals surface area contributed by atoms with Crippen molar-refractivity contribution >= 4 is 23.6 Å². The van der Waals surface area contributed by atoms with Gasteiger partial charge in [0, 0.05) is 37.0 Å². The Bertz CT molecular complexity index is 678. The Hall–Kier alpha value is -2.96. The Morgan fingerprint density at radius 3 is 2.86 bits per heavy atom. The topological polar surface area (TPSA) is 94.2 Å². The number of nitro benzene ring substituents is 1. The lowest BCUT2D eigenvalue weighted by atomic mass is 10.2. The molecule has 1 aromatic carbocycles. The molecule has 1 aromatic heterocycles. The zero-order valence-electron chi connectivity index (χ0n) is 11.1. The summed E-state index contributed by atoms with van der Waals surface area (Å²) >= 11 is 0. The molecule has 2 rings (SSSR count). The van der Waals surface area contributed by atoms with Crippen LogP contribution in [0.3, 0.4) is 0 Å². The molecule has 0 spiro atoms. The maximum absolute atomic E-state index is 11.8. The molecule has 0 saturated carbocycles. The summed E-state index contributed by atoms with van der Waals surface area (Å²) in [5.74, 6) is -0.277. The second-order valence-electron chi connectivity index (χ2n) is 4.35. The molecule has 108 valence electrons. The number of anilines is 1. The number of aryl methyl sites for hydroxylation is 1. The fraction of sp³-hybridized carbons (Fsp3) is 0.143. The van der Waals surface area contributed by atoms with Crippen LogP contribution >= 0.6 is 0 Å². The van der Waals surface area contributed by atoms with E-state index in [1.54, 1.807) is 29.0 Å². The summed E-state index contributed by atoms with van der Waals surface area (Å²) < 4.78 is 1.67. The van der Waals surface area contributed by atoms with Crippen molar-refractivity contribution in [3.8, 4) is 0 Å². The number of nitro groups is 1. The molecule has 7 nitrogen and oxygen atoms in total. The van der Waals surface area contributed by atoms with Gasteiger partial charge in [0.25, 0.3) is 5.69 Å². The van der Waals surface area contributed by atoms with Crippen molar-refractivity contribution in [2.24, 2.45) is 0 Å². The standard InChI is InChI=1S/C14H13N3O4/c18-10-13-5-2-7-16(13)8-6-14(19)15-11-3-1-4-12(9-11)17(20)21/h1-5,7,9-10H,6,8H2,(H,15,19). The van der Waals surface area contributed by atoms with Gasteiger partial charge in [0.15, 0.2) is 6.29 Å². The van der Waals surface area contributed by atoms with E-state index in [0.717, 1.165) is 6.29 Å². The summed E-state index contributed by atoms with van der Waals surface area (Å²) in [5.41, 5.74) is 0.789. The summed E-state index contributed by atoms with van der Waals surface area (Å²) in [6, 6.07) is 9.12. The Morgan fingerprint density at radius 2 is 2.14 bits per heavy atom. The predicted molar refractivity (Wildman–Crippen MR) is 76.2 cm³/mol. The number of aromatic nitrogens is 1. The van der Waals surface area contributed by atoms with Gasteiger partial charge in [-0.15, -0.1) is 0 Å². The van der Waals surface area contributed by atoms with Crippen molar-refractivity contribution in [2.45, 2.75) is 13.0 Å². The van der Waals surface area contributed by atoms with Gasteiger partial charge in [0.1, 0.15) is 0 Å². The van der Waals surface area contributed by atoms with Crippen LogP contribution in [0.15, 0.2) is 42.6 Å². The lowest BCUT2D eigenvalue weighted by molar-refractivity contribution is -0.384. The van der Waals surface area contributed by atoms with Gasteiger partial charge in [-0.3, -0.25) is 19.7 Å². The van der Waals surface area contributed by atoms with Crippen LogP contribution in [0.25, 0.3) is 0 Å². The number of carbonyl (C=O) groups excluding carboxylic acids is 2. The number of nitrogens with one attached hydrogen (secondary N) is 1. The molecule has 0 bridgehead atoms. The van der Waals surface area contributed by atoms with E-state index in [1.165, 1.54) is 18.2 Å². The third kappa shape index (κ3) is 3.75. The maximum atomic E-state index is 11.8. The number of benzene rings is 1. The lowest BCUT2D eigenvalue weighted by Gasteiger charge is -2.07. The minimum Gasteiger partial charge on any atom is -0.345 e. The molecule has 2 aromatic rings. The number of aldehydes is 1. The van der Waals surface area contributed by atoms with Crippen molar-refractivity contribution in [2.75, 3.05) is 5.32 Å². The summed E-state index contributed by atoms with van der Waals surface area (Å²) in [4.78, 5) is 32.7. The van der Waals surface area contributed by atoms with E-state index in [0.29, 0.717) is 17.9 Å². The van der Waals surface area contributed by atoms with E-state index in [1.807, 2.05) is 0 Å². The lowest BCUT2D eigenvalue weighted by Crippen LogP contribution is -2.15. The van der Waals surface area contributed by atoms with Gasteiger partial charge in [0.05, 0.1) is 10.6 Å². The number of amides is 1. The van der Waals surface area contributed by atoms with Crippen molar-refractivity contribution in [3.05, 3.63) is 58.4 Å². The van der Waals surface area contributed by atoms with Gasteiger partial charge >= 0.3 is 0 Å². The van der Waals surface area contributed by atoms with Crippen LogP contribution in [0.2, 0.25) is 0 Å². The first-order valence-corrected chi connectivity index (χ1v) is 6.25.